The second-order valence-electron chi connectivity index (χ2n) is 7.51. The number of tetrazole rings is 1. The number of benzene rings is 2. The quantitative estimate of drug-likeness (QED) is 0.265. The Morgan fingerprint density at radius 3 is 2.61 bits per heavy atom. The largest absolute Gasteiger partial charge is 0.488 e. The molecule has 33 heavy (non-hydrogen) atoms. The van der Waals surface area contributed by atoms with E-state index in [-0.39, 0.29) is 12.3 Å². The van der Waals surface area contributed by atoms with E-state index in [0.29, 0.717) is 22.0 Å². The molecule has 0 amide bonds. The van der Waals surface area contributed by atoms with Crippen LogP contribution in [-0.4, -0.2) is 41.0 Å². The second-order valence-corrected chi connectivity index (χ2v) is 7.92. The highest BCUT2D eigenvalue weighted by atomic mass is 35.5. The SMILES string of the molecule is Cc1cc(-n2nc(C)c(C=NO)c2C)ccc1OCc1c(Cl)cccc1-n1nnn(C)c1=O. The monoisotopic (exact) mass is 467 g/mol. The van der Waals surface area contributed by atoms with Gasteiger partial charge in [0.2, 0.25) is 0 Å². The fraction of sp³-hybridized carbons (Fsp3) is 0.227. The third kappa shape index (κ3) is 4.12. The van der Waals surface area contributed by atoms with Crippen LogP contribution in [0.3, 0.4) is 0 Å². The van der Waals surface area contributed by atoms with Crippen LogP contribution in [0, 0.1) is 20.8 Å². The van der Waals surface area contributed by atoms with Gasteiger partial charge in [0.25, 0.3) is 0 Å². The molecule has 0 radical (unpaired) electrons. The molecule has 0 atom stereocenters. The van der Waals surface area contributed by atoms with Gasteiger partial charge >= 0.3 is 5.69 Å². The number of halogens is 1. The lowest BCUT2D eigenvalue weighted by molar-refractivity contribution is 0.303. The molecule has 0 bridgehead atoms. The van der Waals surface area contributed by atoms with E-state index in [2.05, 4.69) is 20.7 Å². The molecule has 1 N–H and O–H groups in total. The summed E-state index contributed by atoms with van der Waals surface area (Å²) in [7, 11) is 1.53. The van der Waals surface area contributed by atoms with Gasteiger partial charge in [-0.05, 0) is 67.1 Å². The summed E-state index contributed by atoms with van der Waals surface area (Å²) in [5.41, 5.74) is 4.87. The van der Waals surface area contributed by atoms with Gasteiger partial charge in [-0.25, -0.2) is 9.48 Å². The zero-order chi connectivity index (χ0) is 23.7. The fourth-order valence-electron chi connectivity index (χ4n) is 3.58. The third-order valence-electron chi connectivity index (χ3n) is 5.35. The van der Waals surface area contributed by atoms with Crippen molar-refractivity contribution in [3.63, 3.8) is 0 Å². The lowest BCUT2D eigenvalue weighted by atomic mass is 10.1. The van der Waals surface area contributed by atoms with E-state index in [1.807, 2.05) is 39.0 Å². The topological polar surface area (TPSA) is 112 Å². The molecule has 10 nitrogen and oxygen atoms in total. The lowest BCUT2D eigenvalue weighted by Gasteiger charge is -2.14. The van der Waals surface area contributed by atoms with Crippen LogP contribution in [0.2, 0.25) is 5.02 Å². The number of hydrogen-bond acceptors (Lipinski definition) is 7. The van der Waals surface area contributed by atoms with Crippen molar-refractivity contribution < 1.29 is 9.94 Å². The standard InChI is InChI=1S/C22H22ClN7O3/c1-13-10-16(29-15(3)17(11-24-32)14(2)25-29)8-9-21(13)33-12-18-19(23)6-5-7-20(18)30-22(31)28(4)26-27-30/h5-11,32H,12H2,1-4H3. The van der Waals surface area contributed by atoms with Crippen LogP contribution in [0.5, 0.6) is 5.75 Å². The number of hydrogen-bond donors (Lipinski definition) is 1. The molecule has 11 heteroatoms. The van der Waals surface area contributed by atoms with Crippen molar-refractivity contribution in [1.82, 2.24) is 29.6 Å². The summed E-state index contributed by atoms with van der Waals surface area (Å²) in [6.07, 6.45) is 1.38. The zero-order valence-electron chi connectivity index (χ0n) is 18.5. The van der Waals surface area contributed by atoms with E-state index in [4.69, 9.17) is 21.5 Å². The van der Waals surface area contributed by atoms with Gasteiger partial charge in [-0.3, -0.25) is 0 Å². The lowest BCUT2D eigenvalue weighted by Crippen LogP contribution is -2.23. The fourth-order valence-corrected chi connectivity index (χ4v) is 3.81. The van der Waals surface area contributed by atoms with Crippen LogP contribution in [0.4, 0.5) is 0 Å². The minimum Gasteiger partial charge on any atom is -0.488 e. The van der Waals surface area contributed by atoms with Crippen LogP contribution in [0.1, 0.15) is 28.1 Å². The van der Waals surface area contributed by atoms with Crippen molar-refractivity contribution in [1.29, 1.82) is 0 Å². The highest BCUT2D eigenvalue weighted by Crippen LogP contribution is 2.27. The van der Waals surface area contributed by atoms with Gasteiger partial charge in [0, 0.05) is 23.2 Å². The Hall–Kier alpha value is -3.92. The molecule has 2 aromatic heterocycles. The molecule has 0 saturated heterocycles. The molecule has 0 aliphatic rings. The number of rotatable bonds is 6. The number of aromatic nitrogens is 6. The molecule has 0 saturated carbocycles. The number of oxime groups is 1. The van der Waals surface area contributed by atoms with Crippen molar-refractivity contribution >= 4 is 17.8 Å². The molecule has 170 valence electrons. The molecule has 2 heterocycles. The van der Waals surface area contributed by atoms with Gasteiger partial charge < -0.3 is 9.94 Å². The van der Waals surface area contributed by atoms with Crippen molar-refractivity contribution in [2.45, 2.75) is 27.4 Å². The van der Waals surface area contributed by atoms with E-state index in [1.165, 1.54) is 17.9 Å². The molecule has 0 spiro atoms. The Labute approximate surface area is 194 Å². The van der Waals surface area contributed by atoms with Gasteiger partial charge in [0.15, 0.2) is 0 Å². The zero-order valence-corrected chi connectivity index (χ0v) is 19.3. The third-order valence-corrected chi connectivity index (χ3v) is 5.71. The Bertz CT molecular complexity index is 1420. The smallest absolute Gasteiger partial charge is 0.368 e. The van der Waals surface area contributed by atoms with E-state index in [9.17, 15) is 4.79 Å². The molecule has 0 fully saturated rings. The normalized spacial score (nSPS) is 11.4. The average Bonchev–Trinajstić information content (AvgIpc) is 3.27. The first kappa shape index (κ1) is 22.3. The Kier molecular flexibility index (Phi) is 6.01. The van der Waals surface area contributed by atoms with E-state index in [1.54, 1.807) is 22.9 Å². The summed E-state index contributed by atoms with van der Waals surface area (Å²) < 4.78 is 10.2. The van der Waals surface area contributed by atoms with Crippen LogP contribution in [0.15, 0.2) is 46.3 Å². The molecule has 0 aliphatic heterocycles. The first-order valence-corrected chi connectivity index (χ1v) is 10.4. The maximum absolute atomic E-state index is 12.3. The van der Waals surface area contributed by atoms with Gasteiger partial charge in [0.1, 0.15) is 12.4 Å². The van der Waals surface area contributed by atoms with Crippen LogP contribution < -0.4 is 10.4 Å². The van der Waals surface area contributed by atoms with Crippen LogP contribution in [-0.2, 0) is 13.7 Å². The summed E-state index contributed by atoms with van der Waals surface area (Å²) in [5, 5.41) is 24.7. The second kappa shape index (κ2) is 8.91. The van der Waals surface area contributed by atoms with Crippen LogP contribution >= 0.6 is 11.6 Å². The minimum absolute atomic E-state index is 0.134. The molecule has 0 unspecified atom stereocenters. The van der Waals surface area contributed by atoms with Crippen LogP contribution in [0.25, 0.3) is 11.4 Å². The Morgan fingerprint density at radius 2 is 1.94 bits per heavy atom. The highest BCUT2D eigenvalue weighted by molar-refractivity contribution is 6.31. The summed E-state index contributed by atoms with van der Waals surface area (Å²) in [6.45, 7) is 5.83. The predicted molar refractivity (Wildman–Crippen MR) is 123 cm³/mol. The highest BCUT2D eigenvalue weighted by Gasteiger charge is 2.16. The van der Waals surface area contributed by atoms with E-state index < -0.39 is 0 Å². The summed E-state index contributed by atoms with van der Waals surface area (Å²) in [6, 6.07) is 10.9. The first-order valence-electron chi connectivity index (χ1n) is 10.1. The maximum Gasteiger partial charge on any atom is 0.368 e. The van der Waals surface area contributed by atoms with Gasteiger partial charge in [-0.2, -0.15) is 14.5 Å². The number of nitrogens with zero attached hydrogens (tertiary/aromatic N) is 7. The number of aryl methyl sites for hydroxylation is 3. The Balaban J connectivity index is 1.62. The Morgan fingerprint density at radius 1 is 1.15 bits per heavy atom. The van der Waals surface area contributed by atoms with Gasteiger partial charge in [-0.15, -0.1) is 0 Å². The molecule has 4 aromatic rings. The summed E-state index contributed by atoms with van der Waals surface area (Å²) in [5.74, 6) is 0.662. The van der Waals surface area contributed by atoms with Crippen molar-refractivity contribution in [2.75, 3.05) is 0 Å². The van der Waals surface area contributed by atoms with Crippen molar-refractivity contribution in [3.8, 4) is 17.1 Å². The summed E-state index contributed by atoms with van der Waals surface area (Å²) >= 11 is 6.42. The maximum atomic E-state index is 12.3. The van der Waals surface area contributed by atoms with E-state index >= 15 is 0 Å². The molecule has 2 aromatic carbocycles. The van der Waals surface area contributed by atoms with Gasteiger partial charge in [0.05, 0.1) is 29.0 Å². The minimum atomic E-state index is -0.380. The molecular weight excluding hydrogens is 446 g/mol. The van der Waals surface area contributed by atoms with Crippen molar-refractivity contribution in [3.05, 3.63) is 80.0 Å². The van der Waals surface area contributed by atoms with E-state index in [0.717, 1.165) is 32.9 Å². The predicted octanol–water partition coefficient (Wildman–Crippen LogP) is 3.12. The number of ether oxygens (including phenoxy) is 1. The summed E-state index contributed by atoms with van der Waals surface area (Å²) in [4.78, 5) is 12.3. The average molecular weight is 468 g/mol. The van der Waals surface area contributed by atoms with Crippen molar-refractivity contribution in [2.24, 2.45) is 12.2 Å². The van der Waals surface area contributed by atoms with Gasteiger partial charge in [-0.1, -0.05) is 22.8 Å². The molecule has 0 aliphatic carbocycles. The molecular formula is C22H22ClN7O3. The first-order chi connectivity index (χ1) is 15.8. The molecule has 4 rings (SSSR count).